The summed E-state index contributed by atoms with van der Waals surface area (Å²) in [4.78, 5) is 35.9. The Morgan fingerprint density at radius 3 is 2.62 bits per heavy atom. The highest BCUT2D eigenvalue weighted by Crippen LogP contribution is 2.30. The van der Waals surface area contributed by atoms with Crippen LogP contribution >= 0.6 is 0 Å². The number of benzene rings is 1. The Hall–Kier alpha value is -2.17. The predicted molar refractivity (Wildman–Crippen MR) is 78.6 cm³/mol. The number of hydrogen-bond donors (Lipinski definition) is 1. The fourth-order valence-electron chi connectivity index (χ4n) is 2.51. The molecule has 0 fully saturated rings. The third-order valence-corrected chi connectivity index (χ3v) is 3.72. The van der Waals surface area contributed by atoms with Crippen molar-refractivity contribution in [2.24, 2.45) is 0 Å². The summed E-state index contributed by atoms with van der Waals surface area (Å²) < 4.78 is 0. The largest absolute Gasteiger partial charge is 0.481 e. The Morgan fingerprint density at radius 1 is 1.19 bits per heavy atom. The zero-order chi connectivity index (χ0) is 15.4. The number of anilines is 1. The standard InChI is InChI=1S/C16H19NO4/c1-2-11-7-8-13-12(10-11)15(20)16(21)17(13)9-5-3-4-6-14(18)19/h7-8,10H,2-6,9H2,1H3,(H,18,19). The first-order valence-electron chi connectivity index (χ1n) is 7.25. The number of unbranched alkanes of at least 4 members (excludes halogenated alkanes) is 2. The van der Waals surface area contributed by atoms with E-state index in [0.29, 0.717) is 30.6 Å². The average Bonchev–Trinajstić information content (AvgIpc) is 2.71. The first kappa shape index (κ1) is 15.2. The van der Waals surface area contributed by atoms with Gasteiger partial charge < -0.3 is 10.0 Å². The Balaban J connectivity index is 2.00. The van der Waals surface area contributed by atoms with Crippen molar-refractivity contribution < 1.29 is 19.5 Å². The molecule has 0 saturated carbocycles. The lowest BCUT2D eigenvalue weighted by molar-refractivity contribution is -0.137. The molecule has 0 atom stereocenters. The molecule has 1 N–H and O–H groups in total. The van der Waals surface area contributed by atoms with E-state index in [-0.39, 0.29) is 6.42 Å². The van der Waals surface area contributed by atoms with E-state index in [9.17, 15) is 14.4 Å². The van der Waals surface area contributed by atoms with Gasteiger partial charge in [-0.25, -0.2) is 0 Å². The summed E-state index contributed by atoms with van der Waals surface area (Å²) in [5, 5.41) is 8.57. The molecule has 0 radical (unpaired) electrons. The van der Waals surface area contributed by atoms with Crippen molar-refractivity contribution in [3.05, 3.63) is 29.3 Å². The van der Waals surface area contributed by atoms with Crippen LogP contribution in [0.5, 0.6) is 0 Å². The van der Waals surface area contributed by atoms with Crippen molar-refractivity contribution >= 4 is 23.3 Å². The molecule has 1 aromatic rings. The number of fused-ring (bicyclic) bond motifs is 1. The summed E-state index contributed by atoms with van der Waals surface area (Å²) in [6.07, 6.45) is 2.98. The minimum absolute atomic E-state index is 0.142. The number of aryl methyl sites for hydroxylation is 1. The molecule has 0 unspecified atom stereocenters. The molecule has 1 heterocycles. The first-order chi connectivity index (χ1) is 10.0. The highest BCUT2D eigenvalue weighted by atomic mass is 16.4. The molecule has 0 aromatic heterocycles. The second-order valence-electron chi connectivity index (χ2n) is 5.20. The lowest BCUT2D eigenvalue weighted by Gasteiger charge is -2.16. The Morgan fingerprint density at radius 2 is 1.95 bits per heavy atom. The molecule has 0 spiro atoms. The number of nitrogens with zero attached hydrogens (tertiary/aromatic N) is 1. The van der Waals surface area contributed by atoms with Gasteiger partial charge in [0.15, 0.2) is 0 Å². The van der Waals surface area contributed by atoms with Gasteiger partial charge in [0, 0.05) is 13.0 Å². The molecule has 1 aliphatic rings. The molecular formula is C16H19NO4. The maximum absolute atomic E-state index is 12.0. The summed E-state index contributed by atoms with van der Waals surface area (Å²) in [7, 11) is 0. The molecule has 1 aromatic carbocycles. The third-order valence-electron chi connectivity index (χ3n) is 3.72. The monoisotopic (exact) mass is 289 g/mol. The van der Waals surface area contributed by atoms with E-state index in [0.717, 1.165) is 18.4 Å². The highest BCUT2D eigenvalue weighted by Gasteiger charge is 2.35. The second-order valence-corrected chi connectivity index (χ2v) is 5.20. The molecule has 1 amide bonds. The third kappa shape index (κ3) is 3.29. The summed E-state index contributed by atoms with van der Waals surface area (Å²) in [6.45, 7) is 2.46. The Labute approximate surface area is 123 Å². The SMILES string of the molecule is CCc1ccc2c(c1)C(=O)C(=O)N2CCCCCC(=O)O. The van der Waals surface area contributed by atoms with Crippen molar-refractivity contribution in [2.75, 3.05) is 11.4 Å². The van der Waals surface area contributed by atoms with Crippen LogP contribution in [0.25, 0.3) is 0 Å². The lowest BCUT2D eigenvalue weighted by Crippen LogP contribution is -2.30. The zero-order valence-corrected chi connectivity index (χ0v) is 12.1. The van der Waals surface area contributed by atoms with Crippen LogP contribution in [0.4, 0.5) is 5.69 Å². The van der Waals surface area contributed by atoms with Crippen LogP contribution in [0, 0.1) is 0 Å². The van der Waals surface area contributed by atoms with Crippen molar-refractivity contribution in [1.29, 1.82) is 0 Å². The minimum Gasteiger partial charge on any atom is -0.481 e. The minimum atomic E-state index is -0.806. The van der Waals surface area contributed by atoms with Gasteiger partial charge in [0.2, 0.25) is 0 Å². The van der Waals surface area contributed by atoms with Gasteiger partial charge in [0.05, 0.1) is 11.3 Å². The quantitative estimate of drug-likeness (QED) is 0.618. The molecular weight excluding hydrogens is 270 g/mol. The van der Waals surface area contributed by atoms with Gasteiger partial charge >= 0.3 is 5.97 Å². The number of carbonyl (C=O) groups is 3. The molecule has 2 rings (SSSR count). The Bertz CT molecular complexity index is 580. The van der Waals surface area contributed by atoms with Crippen molar-refractivity contribution in [3.63, 3.8) is 0 Å². The zero-order valence-electron chi connectivity index (χ0n) is 12.1. The topological polar surface area (TPSA) is 74.7 Å². The van der Waals surface area contributed by atoms with Gasteiger partial charge in [-0.1, -0.05) is 19.4 Å². The van der Waals surface area contributed by atoms with Crippen LogP contribution in [-0.4, -0.2) is 29.3 Å². The fourth-order valence-corrected chi connectivity index (χ4v) is 2.51. The maximum atomic E-state index is 12.0. The van der Waals surface area contributed by atoms with Gasteiger partial charge in [0.1, 0.15) is 0 Å². The second kappa shape index (κ2) is 6.52. The van der Waals surface area contributed by atoms with E-state index >= 15 is 0 Å². The molecule has 5 nitrogen and oxygen atoms in total. The summed E-state index contributed by atoms with van der Waals surface area (Å²) in [5.74, 6) is -1.72. The molecule has 1 aliphatic heterocycles. The van der Waals surface area contributed by atoms with E-state index in [2.05, 4.69) is 0 Å². The van der Waals surface area contributed by atoms with Crippen LogP contribution in [-0.2, 0) is 16.0 Å². The van der Waals surface area contributed by atoms with Gasteiger partial charge in [0.25, 0.3) is 11.7 Å². The van der Waals surface area contributed by atoms with E-state index in [1.807, 2.05) is 19.1 Å². The van der Waals surface area contributed by atoms with Crippen LogP contribution in [0.2, 0.25) is 0 Å². The normalized spacial score (nSPS) is 13.7. The number of carboxylic acid groups (broad SMARTS) is 1. The Kier molecular flexibility index (Phi) is 4.73. The van der Waals surface area contributed by atoms with E-state index in [1.54, 1.807) is 6.07 Å². The smallest absolute Gasteiger partial charge is 0.303 e. The predicted octanol–water partition coefficient (Wildman–Crippen LogP) is 2.42. The first-order valence-corrected chi connectivity index (χ1v) is 7.25. The van der Waals surface area contributed by atoms with Gasteiger partial charge in [-0.3, -0.25) is 14.4 Å². The number of aliphatic carboxylic acids is 1. The van der Waals surface area contributed by atoms with Crippen molar-refractivity contribution in [1.82, 2.24) is 0 Å². The lowest BCUT2D eigenvalue weighted by atomic mass is 10.1. The van der Waals surface area contributed by atoms with Crippen LogP contribution in [0.1, 0.15) is 48.5 Å². The van der Waals surface area contributed by atoms with Gasteiger partial charge in [-0.15, -0.1) is 0 Å². The summed E-state index contributed by atoms with van der Waals surface area (Å²) in [5.41, 5.74) is 2.21. The average molecular weight is 289 g/mol. The maximum Gasteiger partial charge on any atom is 0.303 e. The number of carboxylic acids is 1. The number of rotatable bonds is 7. The van der Waals surface area contributed by atoms with Gasteiger partial charge in [-0.2, -0.15) is 0 Å². The summed E-state index contributed by atoms with van der Waals surface area (Å²) in [6, 6.07) is 5.55. The number of carbonyl (C=O) groups excluding carboxylic acids is 2. The number of amides is 1. The highest BCUT2D eigenvalue weighted by molar-refractivity contribution is 6.52. The van der Waals surface area contributed by atoms with Crippen molar-refractivity contribution in [3.8, 4) is 0 Å². The van der Waals surface area contributed by atoms with E-state index in [4.69, 9.17) is 5.11 Å². The molecule has 112 valence electrons. The van der Waals surface area contributed by atoms with E-state index < -0.39 is 17.7 Å². The van der Waals surface area contributed by atoms with Crippen LogP contribution < -0.4 is 4.90 Å². The molecule has 0 saturated heterocycles. The van der Waals surface area contributed by atoms with Crippen molar-refractivity contribution in [2.45, 2.75) is 39.0 Å². The summed E-state index contributed by atoms with van der Waals surface area (Å²) >= 11 is 0. The molecule has 21 heavy (non-hydrogen) atoms. The number of ketones is 1. The van der Waals surface area contributed by atoms with Gasteiger partial charge in [-0.05, 0) is 37.0 Å². The molecule has 0 bridgehead atoms. The molecule has 0 aliphatic carbocycles. The van der Waals surface area contributed by atoms with Crippen LogP contribution in [0.15, 0.2) is 18.2 Å². The van der Waals surface area contributed by atoms with E-state index in [1.165, 1.54) is 4.90 Å². The number of Topliss-reactive ketones (excluding diaryl/α,β-unsaturated/α-hetero) is 1. The fraction of sp³-hybridized carbons (Fsp3) is 0.438. The number of hydrogen-bond acceptors (Lipinski definition) is 3. The van der Waals surface area contributed by atoms with Crippen LogP contribution in [0.3, 0.4) is 0 Å². The molecule has 5 heteroatoms.